The molecule has 0 aliphatic carbocycles. The third-order valence-electron chi connectivity index (χ3n) is 5.08. The topological polar surface area (TPSA) is 83.8 Å². The predicted octanol–water partition coefficient (Wildman–Crippen LogP) is 4.18. The molecule has 0 unspecified atom stereocenters. The van der Waals surface area contributed by atoms with E-state index in [1.54, 1.807) is 29.3 Å². The molecule has 4 rings (SSSR count). The SMILES string of the molecule is O=C(COc1ccc(Cl)c(F)c1)NC1CCN(NC(=O)c2cc3cc(Cl)ccc3o2)CC1. The molecule has 168 valence electrons. The van der Waals surface area contributed by atoms with Gasteiger partial charge in [-0.2, -0.15) is 0 Å². The number of ether oxygens (including phenoxy) is 1. The smallest absolute Gasteiger partial charge is 0.301 e. The standard InChI is InChI=1S/C22H20Cl2FN3O4/c23-14-1-4-19-13(9-14)10-20(32-19)22(30)27-28-7-5-15(6-8-28)26-21(29)12-31-16-2-3-17(24)18(25)11-16/h1-4,9-11,15H,5-8,12H2,(H,26,29)(H,27,30). The Morgan fingerprint density at radius 2 is 1.91 bits per heavy atom. The Balaban J connectivity index is 1.21. The minimum absolute atomic E-state index is 0.00892. The monoisotopic (exact) mass is 479 g/mol. The summed E-state index contributed by atoms with van der Waals surface area (Å²) in [5.41, 5.74) is 3.41. The number of amides is 2. The second kappa shape index (κ2) is 9.77. The van der Waals surface area contributed by atoms with Gasteiger partial charge in [0, 0.05) is 35.6 Å². The number of nitrogens with zero attached hydrogens (tertiary/aromatic N) is 1. The number of carbonyl (C=O) groups excluding carboxylic acids is 2. The lowest BCUT2D eigenvalue weighted by atomic mass is 10.1. The fourth-order valence-electron chi connectivity index (χ4n) is 3.45. The zero-order chi connectivity index (χ0) is 22.7. The van der Waals surface area contributed by atoms with E-state index in [1.165, 1.54) is 12.1 Å². The van der Waals surface area contributed by atoms with E-state index < -0.39 is 5.82 Å². The molecular weight excluding hydrogens is 460 g/mol. The van der Waals surface area contributed by atoms with Crippen LogP contribution in [0.15, 0.2) is 46.9 Å². The van der Waals surface area contributed by atoms with Crippen LogP contribution in [0.3, 0.4) is 0 Å². The van der Waals surface area contributed by atoms with Gasteiger partial charge in [-0.15, -0.1) is 0 Å². The molecule has 0 spiro atoms. The molecule has 2 heterocycles. The summed E-state index contributed by atoms with van der Waals surface area (Å²) in [6.45, 7) is 0.895. The molecule has 32 heavy (non-hydrogen) atoms. The number of benzene rings is 2. The fourth-order valence-corrected chi connectivity index (χ4v) is 3.74. The van der Waals surface area contributed by atoms with Crippen molar-refractivity contribution in [1.29, 1.82) is 0 Å². The molecule has 1 aromatic heterocycles. The van der Waals surface area contributed by atoms with Gasteiger partial charge >= 0.3 is 5.91 Å². The van der Waals surface area contributed by atoms with Crippen LogP contribution >= 0.6 is 23.2 Å². The van der Waals surface area contributed by atoms with Crippen LogP contribution in [0.1, 0.15) is 23.4 Å². The first-order chi connectivity index (χ1) is 15.4. The summed E-state index contributed by atoms with van der Waals surface area (Å²) < 4.78 is 24.3. The Bertz CT molecular complexity index is 1150. The molecule has 0 saturated carbocycles. The summed E-state index contributed by atoms with van der Waals surface area (Å²) in [6.07, 6.45) is 1.30. The van der Waals surface area contributed by atoms with Gasteiger partial charge in [-0.25, -0.2) is 9.40 Å². The minimum Gasteiger partial charge on any atom is -0.484 e. The van der Waals surface area contributed by atoms with Crippen LogP contribution in [-0.4, -0.2) is 42.6 Å². The van der Waals surface area contributed by atoms with Crippen molar-refractivity contribution in [1.82, 2.24) is 15.8 Å². The first-order valence-corrected chi connectivity index (χ1v) is 10.8. The van der Waals surface area contributed by atoms with Crippen LogP contribution in [0.2, 0.25) is 10.0 Å². The minimum atomic E-state index is -0.606. The molecule has 0 bridgehead atoms. The molecule has 1 fully saturated rings. The number of piperidine rings is 1. The Morgan fingerprint density at radius 1 is 1.12 bits per heavy atom. The Kier molecular flexibility index (Phi) is 6.83. The maximum absolute atomic E-state index is 13.4. The Hall–Kier alpha value is -2.81. The van der Waals surface area contributed by atoms with Gasteiger partial charge in [0.15, 0.2) is 12.4 Å². The van der Waals surface area contributed by atoms with Crippen molar-refractivity contribution in [2.24, 2.45) is 0 Å². The number of carbonyl (C=O) groups is 2. The third kappa shape index (κ3) is 5.51. The van der Waals surface area contributed by atoms with Crippen molar-refractivity contribution in [3.63, 3.8) is 0 Å². The van der Waals surface area contributed by atoms with Crippen molar-refractivity contribution < 1.29 is 23.1 Å². The van der Waals surface area contributed by atoms with Gasteiger partial charge in [-0.05, 0) is 49.2 Å². The molecule has 2 aromatic carbocycles. The highest BCUT2D eigenvalue weighted by Crippen LogP contribution is 2.23. The molecule has 3 aromatic rings. The fraction of sp³-hybridized carbons (Fsp3) is 0.273. The van der Waals surface area contributed by atoms with Gasteiger partial charge in [-0.3, -0.25) is 15.0 Å². The number of hydrogen-bond donors (Lipinski definition) is 2. The number of hydrogen-bond acceptors (Lipinski definition) is 5. The zero-order valence-corrected chi connectivity index (χ0v) is 18.4. The maximum Gasteiger partial charge on any atom is 0.301 e. The van der Waals surface area contributed by atoms with Crippen molar-refractivity contribution in [2.45, 2.75) is 18.9 Å². The predicted molar refractivity (Wildman–Crippen MR) is 118 cm³/mol. The van der Waals surface area contributed by atoms with Gasteiger partial charge < -0.3 is 14.5 Å². The molecule has 0 radical (unpaired) electrons. The summed E-state index contributed by atoms with van der Waals surface area (Å²) in [6, 6.07) is 10.8. The second-order valence-electron chi connectivity index (χ2n) is 7.43. The largest absolute Gasteiger partial charge is 0.484 e. The van der Waals surface area contributed by atoms with E-state index in [0.717, 1.165) is 11.5 Å². The van der Waals surface area contributed by atoms with Gasteiger partial charge in [0.1, 0.15) is 17.1 Å². The number of rotatable bonds is 6. The quantitative estimate of drug-likeness (QED) is 0.553. The highest BCUT2D eigenvalue weighted by atomic mass is 35.5. The number of halogens is 3. The van der Waals surface area contributed by atoms with Crippen molar-refractivity contribution in [3.8, 4) is 5.75 Å². The second-order valence-corrected chi connectivity index (χ2v) is 8.27. The summed E-state index contributed by atoms with van der Waals surface area (Å²) >= 11 is 11.6. The zero-order valence-electron chi connectivity index (χ0n) is 16.9. The first kappa shape index (κ1) is 22.4. The molecular formula is C22H20Cl2FN3O4. The van der Waals surface area contributed by atoms with E-state index in [1.807, 2.05) is 0 Å². The normalized spacial score (nSPS) is 15.0. The van der Waals surface area contributed by atoms with Crippen LogP contribution in [-0.2, 0) is 4.79 Å². The van der Waals surface area contributed by atoms with E-state index in [2.05, 4.69) is 10.7 Å². The molecule has 10 heteroatoms. The van der Waals surface area contributed by atoms with Crippen molar-refractivity contribution in [3.05, 3.63) is 64.1 Å². The van der Waals surface area contributed by atoms with Crippen LogP contribution in [0.4, 0.5) is 4.39 Å². The summed E-state index contributed by atoms with van der Waals surface area (Å²) in [5.74, 6) is -0.821. The van der Waals surface area contributed by atoms with Gasteiger partial charge in [-0.1, -0.05) is 23.2 Å². The van der Waals surface area contributed by atoms with Crippen LogP contribution in [0.5, 0.6) is 5.75 Å². The lowest BCUT2D eigenvalue weighted by Gasteiger charge is -2.32. The van der Waals surface area contributed by atoms with Gasteiger partial charge in [0.05, 0.1) is 5.02 Å². The molecule has 1 aliphatic rings. The average Bonchev–Trinajstić information content (AvgIpc) is 3.19. The van der Waals surface area contributed by atoms with E-state index in [4.69, 9.17) is 32.4 Å². The summed E-state index contributed by atoms with van der Waals surface area (Å²) in [4.78, 5) is 24.6. The van der Waals surface area contributed by atoms with Crippen LogP contribution in [0, 0.1) is 5.82 Å². The highest BCUT2D eigenvalue weighted by molar-refractivity contribution is 6.31. The Morgan fingerprint density at radius 3 is 2.66 bits per heavy atom. The van der Waals surface area contributed by atoms with Crippen molar-refractivity contribution in [2.75, 3.05) is 19.7 Å². The lowest BCUT2D eigenvalue weighted by Crippen LogP contribution is -2.51. The van der Waals surface area contributed by atoms with Gasteiger partial charge in [0.2, 0.25) is 0 Å². The van der Waals surface area contributed by atoms with E-state index >= 15 is 0 Å². The molecule has 1 aliphatic heterocycles. The number of hydrazine groups is 1. The van der Waals surface area contributed by atoms with Crippen LogP contribution in [0.25, 0.3) is 11.0 Å². The number of fused-ring (bicyclic) bond motifs is 1. The molecule has 2 N–H and O–H groups in total. The van der Waals surface area contributed by atoms with E-state index in [9.17, 15) is 14.0 Å². The third-order valence-corrected chi connectivity index (χ3v) is 5.62. The Labute approximate surface area is 193 Å². The molecule has 2 amide bonds. The number of nitrogens with one attached hydrogen (secondary N) is 2. The summed E-state index contributed by atoms with van der Waals surface area (Å²) in [7, 11) is 0. The summed E-state index contributed by atoms with van der Waals surface area (Å²) in [5, 5.41) is 6.00. The molecule has 7 nitrogen and oxygen atoms in total. The van der Waals surface area contributed by atoms with Crippen molar-refractivity contribution >= 4 is 46.0 Å². The lowest BCUT2D eigenvalue weighted by molar-refractivity contribution is -0.124. The number of furan rings is 1. The van der Waals surface area contributed by atoms with Gasteiger partial charge in [0.25, 0.3) is 5.91 Å². The highest BCUT2D eigenvalue weighted by Gasteiger charge is 2.23. The van der Waals surface area contributed by atoms with Crippen LogP contribution < -0.4 is 15.5 Å². The average molecular weight is 480 g/mol. The first-order valence-electron chi connectivity index (χ1n) is 9.99. The molecule has 0 atom stereocenters. The van der Waals surface area contributed by atoms with E-state index in [-0.39, 0.29) is 41.0 Å². The maximum atomic E-state index is 13.4. The molecule has 1 saturated heterocycles. The van der Waals surface area contributed by atoms with E-state index in [0.29, 0.717) is 36.5 Å².